The fourth-order valence-electron chi connectivity index (χ4n) is 3.15. The lowest BCUT2D eigenvalue weighted by Crippen LogP contribution is -2.04. The molecule has 0 bridgehead atoms. The largest absolute Gasteiger partial charge is 0.478 e. The molecule has 3 nitrogen and oxygen atoms in total. The Bertz CT molecular complexity index is 912. The van der Waals surface area contributed by atoms with Crippen LogP contribution in [0.5, 0.6) is 0 Å². The third kappa shape index (κ3) is 1.67. The zero-order chi connectivity index (χ0) is 14.6. The van der Waals surface area contributed by atoms with Gasteiger partial charge in [0.2, 0.25) is 0 Å². The second-order valence-corrected chi connectivity index (χ2v) is 5.47. The smallest absolute Gasteiger partial charge is 0.336 e. The first kappa shape index (κ1) is 12.1. The lowest BCUT2D eigenvalue weighted by atomic mass is 10.0. The summed E-state index contributed by atoms with van der Waals surface area (Å²) in [6, 6.07) is 13.7. The molecular formula is C18H13NO2. The summed E-state index contributed by atoms with van der Waals surface area (Å²) in [5.74, 6) is -0.880. The van der Waals surface area contributed by atoms with Gasteiger partial charge in [-0.1, -0.05) is 35.9 Å². The number of aromatic nitrogens is 1. The Balaban J connectivity index is 2.13. The number of fused-ring (bicyclic) bond motifs is 4. The van der Waals surface area contributed by atoms with Crippen LogP contribution in [-0.2, 0) is 6.42 Å². The highest BCUT2D eigenvalue weighted by Gasteiger charge is 2.27. The summed E-state index contributed by atoms with van der Waals surface area (Å²) in [5, 5.41) is 10.4. The maximum Gasteiger partial charge on any atom is 0.336 e. The molecular weight excluding hydrogens is 262 g/mol. The van der Waals surface area contributed by atoms with Crippen LogP contribution in [-0.4, -0.2) is 16.1 Å². The predicted molar refractivity (Wildman–Crippen MR) is 81.7 cm³/mol. The summed E-state index contributed by atoms with van der Waals surface area (Å²) in [6.07, 6.45) is 0.643. The van der Waals surface area contributed by atoms with Crippen LogP contribution in [0.1, 0.15) is 27.0 Å². The van der Waals surface area contributed by atoms with E-state index in [0.29, 0.717) is 17.4 Å². The molecule has 0 unspecified atom stereocenters. The zero-order valence-corrected chi connectivity index (χ0v) is 11.6. The second-order valence-electron chi connectivity index (χ2n) is 5.47. The molecule has 0 amide bonds. The van der Waals surface area contributed by atoms with Crippen molar-refractivity contribution >= 4 is 16.9 Å². The number of aromatic carboxylic acids is 1. The topological polar surface area (TPSA) is 50.2 Å². The molecule has 1 aliphatic carbocycles. The van der Waals surface area contributed by atoms with Gasteiger partial charge in [-0.25, -0.2) is 9.78 Å². The van der Waals surface area contributed by atoms with Crippen molar-refractivity contribution < 1.29 is 9.90 Å². The fourth-order valence-corrected chi connectivity index (χ4v) is 3.15. The van der Waals surface area contributed by atoms with E-state index >= 15 is 0 Å². The van der Waals surface area contributed by atoms with Crippen LogP contribution in [0.15, 0.2) is 42.5 Å². The molecule has 2 aromatic carbocycles. The van der Waals surface area contributed by atoms with Gasteiger partial charge in [0.05, 0.1) is 16.8 Å². The molecule has 0 saturated heterocycles. The number of benzene rings is 2. The van der Waals surface area contributed by atoms with Gasteiger partial charge in [-0.2, -0.15) is 0 Å². The number of carboxylic acid groups (broad SMARTS) is 1. The Kier molecular flexibility index (Phi) is 2.39. The number of carboxylic acids is 1. The van der Waals surface area contributed by atoms with E-state index in [1.807, 2.05) is 31.2 Å². The molecule has 0 fully saturated rings. The van der Waals surface area contributed by atoms with Gasteiger partial charge in [0.15, 0.2) is 0 Å². The minimum absolute atomic E-state index is 0.393. The van der Waals surface area contributed by atoms with Gasteiger partial charge in [0.25, 0.3) is 0 Å². The second kappa shape index (κ2) is 4.16. The first-order chi connectivity index (χ1) is 10.1. The highest BCUT2D eigenvalue weighted by atomic mass is 16.4. The molecule has 0 radical (unpaired) electrons. The quantitative estimate of drug-likeness (QED) is 0.574. The van der Waals surface area contributed by atoms with Gasteiger partial charge < -0.3 is 5.11 Å². The van der Waals surface area contributed by atoms with E-state index in [2.05, 4.69) is 18.2 Å². The molecule has 21 heavy (non-hydrogen) atoms. The standard InChI is InChI=1S/C18H13NO2/c1-10-6-7-11-9-14-16(18(20)21)12-4-2-3-5-15(12)19-17(14)13(11)8-10/h2-8H,9H2,1H3,(H,20,21). The van der Waals surface area contributed by atoms with Crippen molar-refractivity contribution in [2.75, 3.05) is 0 Å². The van der Waals surface area contributed by atoms with Gasteiger partial charge in [-0.05, 0) is 30.2 Å². The number of hydrogen-bond acceptors (Lipinski definition) is 2. The van der Waals surface area contributed by atoms with Crippen molar-refractivity contribution in [2.24, 2.45) is 0 Å². The average Bonchev–Trinajstić information content (AvgIpc) is 2.81. The van der Waals surface area contributed by atoms with Crippen molar-refractivity contribution in [3.8, 4) is 11.3 Å². The van der Waals surface area contributed by atoms with Gasteiger partial charge in [0, 0.05) is 17.4 Å². The number of carbonyl (C=O) groups is 1. The maximum atomic E-state index is 11.8. The number of nitrogens with zero attached hydrogens (tertiary/aromatic N) is 1. The monoisotopic (exact) mass is 275 g/mol. The van der Waals surface area contributed by atoms with Crippen LogP contribution >= 0.6 is 0 Å². The van der Waals surface area contributed by atoms with Crippen LogP contribution < -0.4 is 0 Å². The van der Waals surface area contributed by atoms with Crippen molar-refractivity contribution in [3.05, 3.63) is 64.7 Å². The van der Waals surface area contributed by atoms with Crippen LogP contribution in [0, 0.1) is 6.92 Å². The van der Waals surface area contributed by atoms with E-state index < -0.39 is 5.97 Å². The van der Waals surface area contributed by atoms with Gasteiger partial charge >= 0.3 is 5.97 Å². The molecule has 0 atom stereocenters. The Labute approximate surface area is 121 Å². The fraction of sp³-hybridized carbons (Fsp3) is 0.111. The van der Waals surface area contributed by atoms with Crippen molar-refractivity contribution in [1.29, 1.82) is 0 Å². The molecule has 1 N–H and O–H groups in total. The first-order valence-electron chi connectivity index (χ1n) is 6.90. The SMILES string of the molecule is Cc1ccc2c(c1)-c1nc3ccccc3c(C(=O)O)c1C2. The molecule has 3 heteroatoms. The summed E-state index contributed by atoms with van der Waals surface area (Å²) in [7, 11) is 0. The number of rotatable bonds is 1. The number of pyridine rings is 1. The molecule has 102 valence electrons. The lowest BCUT2D eigenvalue weighted by molar-refractivity contribution is 0.0698. The van der Waals surface area contributed by atoms with E-state index in [4.69, 9.17) is 4.98 Å². The molecule has 0 saturated carbocycles. The van der Waals surface area contributed by atoms with E-state index in [1.165, 1.54) is 0 Å². The number of aryl methyl sites for hydroxylation is 1. The van der Waals surface area contributed by atoms with Crippen molar-refractivity contribution in [1.82, 2.24) is 4.98 Å². The zero-order valence-electron chi connectivity index (χ0n) is 11.6. The Hall–Kier alpha value is -2.68. The number of para-hydroxylation sites is 1. The van der Waals surface area contributed by atoms with E-state index in [9.17, 15) is 9.90 Å². The lowest BCUT2D eigenvalue weighted by Gasteiger charge is -2.08. The summed E-state index contributed by atoms with van der Waals surface area (Å²) < 4.78 is 0. The van der Waals surface area contributed by atoms with Crippen LogP contribution in [0.2, 0.25) is 0 Å². The molecule has 4 rings (SSSR count). The minimum atomic E-state index is -0.880. The van der Waals surface area contributed by atoms with Crippen molar-refractivity contribution in [2.45, 2.75) is 13.3 Å². The summed E-state index contributed by atoms with van der Waals surface area (Å²) in [5.41, 5.74) is 6.17. The van der Waals surface area contributed by atoms with E-state index in [-0.39, 0.29) is 0 Å². The maximum absolute atomic E-state index is 11.8. The molecule has 0 aliphatic heterocycles. The Morgan fingerprint density at radius 3 is 2.81 bits per heavy atom. The summed E-state index contributed by atoms with van der Waals surface area (Å²) >= 11 is 0. The predicted octanol–water partition coefficient (Wildman–Crippen LogP) is 3.81. The molecule has 1 heterocycles. The van der Waals surface area contributed by atoms with E-state index in [0.717, 1.165) is 33.5 Å². The Morgan fingerprint density at radius 2 is 2.00 bits per heavy atom. The first-order valence-corrected chi connectivity index (χ1v) is 6.90. The third-order valence-corrected chi connectivity index (χ3v) is 4.09. The minimum Gasteiger partial charge on any atom is -0.478 e. The molecule has 0 spiro atoms. The normalized spacial score (nSPS) is 12.2. The summed E-state index contributed by atoms with van der Waals surface area (Å²) in [6.45, 7) is 2.04. The van der Waals surface area contributed by atoms with Crippen LogP contribution in [0.25, 0.3) is 22.2 Å². The molecule has 1 aromatic heterocycles. The van der Waals surface area contributed by atoms with Crippen LogP contribution in [0.4, 0.5) is 0 Å². The van der Waals surface area contributed by atoms with Crippen molar-refractivity contribution in [3.63, 3.8) is 0 Å². The molecule has 1 aliphatic rings. The average molecular weight is 275 g/mol. The van der Waals surface area contributed by atoms with Gasteiger partial charge in [-0.15, -0.1) is 0 Å². The third-order valence-electron chi connectivity index (χ3n) is 4.09. The highest BCUT2D eigenvalue weighted by molar-refractivity contribution is 6.06. The molecule has 3 aromatic rings. The highest BCUT2D eigenvalue weighted by Crippen LogP contribution is 2.39. The Morgan fingerprint density at radius 1 is 1.19 bits per heavy atom. The van der Waals surface area contributed by atoms with E-state index in [1.54, 1.807) is 0 Å². The van der Waals surface area contributed by atoms with Gasteiger partial charge in [-0.3, -0.25) is 0 Å². The van der Waals surface area contributed by atoms with Crippen LogP contribution in [0.3, 0.4) is 0 Å². The number of hydrogen-bond donors (Lipinski definition) is 1. The van der Waals surface area contributed by atoms with Gasteiger partial charge in [0.1, 0.15) is 0 Å². The summed E-state index contributed by atoms with van der Waals surface area (Å²) in [4.78, 5) is 16.5.